The molecule has 0 aliphatic carbocycles. The topological polar surface area (TPSA) is 75.3 Å². The summed E-state index contributed by atoms with van der Waals surface area (Å²) in [6, 6.07) is 12.7. The maximum atomic E-state index is 12.4. The molecule has 0 bridgehead atoms. The van der Waals surface area contributed by atoms with E-state index in [0.717, 1.165) is 4.47 Å². The second-order valence-corrected chi connectivity index (χ2v) is 7.24. The number of halogens is 1. The first-order chi connectivity index (χ1) is 10.9. The van der Waals surface area contributed by atoms with Crippen molar-refractivity contribution < 1.29 is 13.2 Å². The van der Waals surface area contributed by atoms with Crippen LogP contribution in [0.4, 0.5) is 5.69 Å². The van der Waals surface area contributed by atoms with Gasteiger partial charge in [0.2, 0.25) is 0 Å². The molecule has 0 spiro atoms. The average Bonchev–Trinajstić information content (AvgIpc) is 2.52. The van der Waals surface area contributed by atoms with Gasteiger partial charge in [0.05, 0.1) is 4.90 Å². The van der Waals surface area contributed by atoms with Crippen LogP contribution < -0.4 is 10.0 Å². The first-order valence-electron chi connectivity index (χ1n) is 6.70. The first kappa shape index (κ1) is 17.2. The molecule has 2 N–H and O–H groups in total. The van der Waals surface area contributed by atoms with Crippen molar-refractivity contribution in [1.82, 2.24) is 5.32 Å². The van der Waals surface area contributed by atoms with E-state index in [9.17, 15) is 13.2 Å². The fraction of sp³-hybridized carbons (Fsp3) is 0.0625. The van der Waals surface area contributed by atoms with Crippen molar-refractivity contribution >= 4 is 37.5 Å². The summed E-state index contributed by atoms with van der Waals surface area (Å²) in [5, 5.41) is 2.61. The largest absolute Gasteiger partial charge is 0.349 e. The standard InChI is InChI=1S/C16H15BrN2O3S/c1-2-9-18-16(20)12-5-3-8-15(10-12)23(21,22)19-14-7-4-6-13(17)11-14/h2-8,10-11,19H,1,9H2,(H,18,20). The lowest BCUT2D eigenvalue weighted by Crippen LogP contribution is -2.23. The molecule has 2 aromatic carbocycles. The van der Waals surface area contributed by atoms with E-state index in [1.165, 1.54) is 18.2 Å². The number of carbonyl (C=O) groups excluding carboxylic acids is 1. The number of rotatable bonds is 6. The van der Waals surface area contributed by atoms with E-state index in [0.29, 0.717) is 12.2 Å². The van der Waals surface area contributed by atoms with Crippen molar-refractivity contribution in [3.05, 3.63) is 71.2 Å². The quantitative estimate of drug-likeness (QED) is 0.738. The molecule has 0 heterocycles. The zero-order valence-electron chi connectivity index (χ0n) is 12.1. The number of anilines is 1. The molecule has 2 aromatic rings. The Kier molecular flexibility index (Phi) is 5.57. The fourth-order valence-corrected chi connectivity index (χ4v) is 3.33. The second kappa shape index (κ2) is 7.43. The Morgan fingerprint density at radius 1 is 1.17 bits per heavy atom. The van der Waals surface area contributed by atoms with Crippen LogP contribution in [0.2, 0.25) is 0 Å². The van der Waals surface area contributed by atoms with Crippen LogP contribution in [0.15, 0.2) is 70.6 Å². The highest BCUT2D eigenvalue weighted by molar-refractivity contribution is 9.10. The highest BCUT2D eigenvalue weighted by Crippen LogP contribution is 2.20. The summed E-state index contributed by atoms with van der Waals surface area (Å²) in [7, 11) is -3.78. The van der Waals surface area contributed by atoms with Gasteiger partial charge in [-0.15, -0.1) is 6.58 Å². The van der Waals surface area contributed by atoms with Gasteiger partial charge in [0.25, 0.3) is 15.9 Å². The molecular weight excluding hydrogens is 380 g/mol. The molecule has 7 heteroatoms. The molecule has 120 valence electrons. The molecule has 0 radical (unpaired) electrons. The Hall–Kier alpha value is -2.12. The smallest absolute Gasteiger partial charge is 0.261 e. The third-order valence-corrected chi connectivity index (χ3v) is 4.76. The number of sulfonamides is 1. The molecule has 0 saturated heterocycles. The van der Waals surface area contributed by atoms with Crippen LogP contribution >= 0.6 is 15.9 Å². The third-order valence-electron chi connectivity index (χ3n) is 2.89. The van der Waals surface area contributed by atoms with E-state index < -0.39 is 10.0 Å². The Balaban J connectivity index is 2.26. The predicted octanol–water partition coefficient (Wildman–Crippen LogP) is 3.17. The Bertz CT molecular complexity index is 835. The summed E-state index contributed by atoms with van der Waals surface area (Å²) in [6.07, 6.45) is 1.55. The molecular formula is C16H15BrN2O3S. The van der Waals surface area contributed by atoms with E-state index in [-0.39, 0.29) is 16.4 Å². The van der Waals surface area contributed by atoms with Crippen LogP contribution in [0.1, 0.15) is 10.4 Å². The monoisotopic (exact) mass is 394 g/mol. The van der Waals surface area contributed by atoms with Gasteiger partial charge in [-0.2, -0.15) is 0 Å². The molecule has 1 amide bonds. The summed E-state index contributed by atoms with van der Waals surface area (Å²) in [5.74, 6) is -0.357. The van der Waals surface area contributed by atoms with Crippen LogP contribution in [0.25, 0.3) is 0 Å². The van der Waals surface area contributed by atoms with Crippen LogP contribution in [-0.2, 0) is 10.0 Å². The SMILES string of the molecule is C=CCNC(=O)c1cccc(S(=O)(=O)Nc2cccc(Br)c2)c1. The molecule has 0 fully saturated rings. The molecule has 5 nitrogen and oxygen atoms in total. The lowest BCUT2D eigenvalue weighted by atomic mass is 10.2. The van der Waals surface area contributed by atoms with Gasteiger partial charge in [0, 0.05) is 22.3 Å². The minimum absolute atomic E-state index is 0.0173. The molecule has 0 atom stereocenters. The van der Waals surface area contributed by atoms with Gasteiger partial charge < -0.3 is 5.32 Å². The van der Waals surface area contributed by atoms with Crippen molar-refractivity contribution in [2.24, 2.45) is 0 Å². The average molecular weight is 395 g/mol. The van der Waals surface area contributed by atoms with Gasteiger partial charge in [-0.25, -0.2) is 8.42 Å². The Labute approximate surface area is 143 Å². The van der Waals surface area contributed by atoms with E-state index in [1.807, 2.05) is 0 Å². The zero-order valence-corrected chi connectivity index (χ0v) is 14.5. The summed E-state index contributed by atoms with van der Waals surface area (Å²) in [4.78, 5) is 11.9. The maximum Gasteiger partial charge on any atom is 0.261 e. The normalized spacial score (nSPS) is 10.8. The molecule has 0 aliphatic heterocycles. The van der Waals surface area contributed by atoms with E-state index in [4.69, 9.17) is 0 Å². The van der Waals surface area contributed by atoms with Crippen LogP contribution in [0.3, 0.4) is 0 Å². The van der Waals surface area contributed by atoms with Crippen molar-refractivity contribution in [2.45, 2.75) is 4.90 Å². The predicted molar refractivity (Wildman–Crippen MR) is 93.9 cm³/mol. The molecule has 0 saturated carbocycles. The highest BCUT2D eigenvalue weighted by Gasteiger charge is 2.16. The fourth-order valence-electron chi connectivity index (χ4n) is 1.84. The van der Waals surface area contributed by atoms with Gasteiger partial charge in [-0.1, -0.05) is 34.1 Å². The lowest BCUT2D eigenvalue weighted by Gasteiger charge is -2.10. The van der Waals surface area contributed by atoms with Crippen molar-refractivity contribution in [3.63, 3.8) is 0 Å². The maximum absolute atomic E-state index is 12.4. The molecule has 0 aromatic heterocycles. The third kappa shape index (κ3) is 4.67. The minimum Gasteiger partial charge on any atom is -0.349 e. The summed E-state index contributed by atoms with van der Waals surface area (Å²) >= 11 is 3.28. The van der Waals surface area contributed by atoms with Gasteiger partial charge in [-0.3, -0.25) is 9.52 Å². The first-order valence-corrected chi connectivity index (χ1v) is 8.97. The Morgan fingerprint density at radius 3 is 2.61 bits per heavy atom. The molecule has 0 unspecified atom stereocenters. The molecule has 23 heavy (non-hydrogen) atoms. The number of hydrogen-bond donors (Lipinski definition) is 2. The van der Waals surface area contributed by atoms with Gasteiger partial charge >= 0.3 is 0 Å². The van der Waals surface area contributed by atoms with E-state index >= 15 is 0 Å². The van der Waals surface area contributed by atoms with Crippen molar-refractivity contribution in [2.75, 3.05) is 11.3 Å². The van der Waals surface area contributed by atoms with Crippen LogP contribution in [0, 0.1) is 0 Å². The van der Waals surface area contributed by atoms with E-state index in [2.05, 4.69) is 32.5 Å². The molecule has 0 aliphatic rings. The van der Waals surface area contributed by atoms with Gasteiger partial charge in [0.1, 0.15) is 0 Å². The number of benzene rings is 2. The highest BCUT2D eigenvalue weighted by atomic mass is 79.9. The summed E-state index contributed by atoms with van der Waals surface area (Å²) < 4.78 is 28.1. The second-order valence-electron chi connectivity index (χ2n) is 4.64. The molecule has 2 rings (SSSR count). The number of carbonyl (C=O) groups is 1. The number of amides is 1. The van der Waals surface area contributed by atoms with Gasteiger partial charge in [-0.05, 0) is 36.4 Å². The summed E-state index contributed by atoms with van der Waals surface area (Å²) in [6.45, 7) is 3.82. The zero-order chi connectivity index (χ0) is 16.9. The lowest BCUT2D eigenvalue weighted by molar-refractivity contribution is 0.0958. The minimum atomic E-state index is -3.78. The Morgan fingerprint density at radius 2 is 1.91 bits per heavy atom. The van der Waals surface area contributed by atoms with E-state index in [1.54, 1.807) is 36.4 Å². The summed E-state index contributed by atoms with van der Waals surface area (Å²) in [5.41, 5.74) is 0.699. The van der Waals surface area contributed by atoms with Crippen LogP contribution in [0.5, 0.6) is 0 Å². The van der Waals surface area contributed by atoms with Crippen molar-refractivity contribution in [1.29, 1.82) is 0 Å². The van der Waals surface area contributed by atoms with Gasteiger partial charge in [0.15, 0.2) is 0 Å². The van der Waals surface area contributed by atoms with Crippen LogP contribution in [-0.4, -0.2) is 20.9 Å². The van der Waals surface area contributed by atoms with Crippen molar-refractivity contribution in [3.8, 4) is 0 Å². The number of hydrogen-bond acceptors (Lipinski definition) is 3. The number of nitrogens with one attached hydrogen (secondary N) is 2.